The molecule has 0 saturated carbocycles. The van der Waals surface area contributed by atoms with Gasteiger partial charge in [-0.05, 0) is 25.2 Å². The number of nitro groups is 1. The SMILES string of the molecule is CCOC(=O)C(C)Nc1ncc([N+](=O)[O-])s1. The maximum Gasteiger partial charge on any atom is 0.345 e. The van der Waals surface area contributed by atoms with E-state index >= 15 is 0 Å². The van der Waals surface area contributed by atoms with Gasteiger partial charge in [-0.1, -0.05) is 0 Å². The van der Waals surface area contributed by atoms with Crippen LogP contribution in [0.2, 0.25) is 0 Å². The number of thiazole rings is 1. The molecule has 1 atom stereocenters. The molecule has 0 spiro atoms. The Morgan fingerprint density at radius 3 is 3.00 bits per heavy atom. The fourth-order valence-corrected chi connectivity index (χ4v) is 1.65. The number of hydrogen-bond acceptors (Lipinski definition) is 7. The first-order valence-electron chi connectivity index (χ1n) is 4.58. The van der Waals surface area contributed by atoms with Crippen LogP contribution in [0.5, 0.6) is 0 Å². The lowest BCUT2D eigenvalue weighted by molar-refractivity contribution is -0.380. The summed E-state index contributed by atoms with van der Waals surface area (Å²) in [5.41, 5.74) is 0. The van der Waals surface area contributed by atoms with Crippen molar-refractivity contribution >= 4 is 27.4 Å². The zero-order chi connectivity index (χ0) is 12.1. The van der Waals surface area contributed by atoms with Gasteiger partial charge >= 0.3 is 11.0 Å². The van der Waals surface area contributed by atoms with E-state index in [1.165, 1.54) is 0 Å². The van der Waals surface area contributed by atoms with Crippen molar-refractivity contribution in [2.75, 3.05) is 11.9 Å². The molecule has 7 nitrogen and oxygen atoms in total. The van der Waals surface area contributed by atoms with E-state index in [0.717, 1.165) is 17.5 Å². The molecule has 0 amide bonds. The van der Waals surface area contributed by atoms with Gasteiger partial charge in [0.15, 0.2) is 5.13 Å². The Balaban J connectivity index is 2.59. The van der Waals surface area contributed by atoms with Gasteiger partial charge in [-0.25, -0.2) is 9.78 Å². The molecule has 0 saturated heterocycles. The third-order valence-corrected chi connectivity index (χ3v) is 2.53. The number of anilines is 1. The Bertz CT molecular complexity index is 392. The summed E-state index contributed by atoms with van der Waals surface area (Å²) in [5, 5.41) is 13.4. The summed E-state index contributed by atoms with van der Waals surface area (Å²) in [6, 6.07) is -0.578. The average Bonchev–Trinajstić information content (AvgIpc) is 2.66. The highest BCUT2D eigenvalue weighted by Crippen LogP contribution is 2.25. The molecule has 8 heteroatoms. The van der Waals surface area contributed by atoms with Crippen LogP contribution in [0.15, 0.2) is 6.20 Å². The van der Waals surface area contributed by atoms with Crippen LogP contribution in [0.1, 0.15) is 13.8 Å². The molecule has 0 aliphatic heterocycles. The van der Waals surface area contributed by atoms with Gasteiger partial charge in [0.05, 0.1) is 11.5 Å². The second-order valence-electron chi connectivity index (χ2n) is 2.88. The minimum Gasteiger partial charge on any atom is -0.464 e. The molecule has 1 rings (SSSR count). The van der Waals surface area contributed by atoms with Crippen molar-refractivity contribution in [3.05, 3.63) is 16.3 Å². The molecule has 1 aromatic rings. The number of aromatic nitrogens is 1. The van der Waals surface area contributed by atoms with Crippen molar-refractivity contribution in [2.45, 2.75) is 19.9 Å². The van der Waals surface area contributed by atoms with Crippen molar-refractivity contribution in [1.29, 1.82) is 0 Å². The number of carbonyl (C=O) groups excluding carboxylic acids is 1. The van der Waals surface area contributed by atoms with Crippen LogP contribution in [-0.2, 0) is 9.53 Å². The van der Waals surface area contributed by atoms with Gasteiger partial charge in [-0.15, -0.1) is 0 Å². The minimum atomic E-state index is -0.578. The molecule has 0 bridgehead atoms. The molecule has 16 heavy (non-hydrogen) atoms. The third-order valence-electron chi connectivity index (χ3n) is 1.65. The van der Waals surface area contributed by atoms with E-state index < -0.39 is 16.9 Å². The van der Waals surface area contributed by atoms with Crippen LogP contribution in [0, 0.1) is 10.1 Å². The maximum atomic E-state index is 11.2. The Morgan fingerprint density at radius 1 is 1.81 bits per heavy atom. The maximum absolute atomic E-state index is 11.2. The number of rotatable bonds is 5. The van der Waals surface area contributed by atoms with Gasteiger partial charge in [0.2, 0.25) is 0 Å². The smallest absolute Gasteiger partial charge is 0.345 e. The standard InChI is InChI=1S/C8H11N3O4S/c1-3-15-7(12)5(2)10-8-9-4-6(16-8)11(13)14/h4-5H,3H2,1-2H3,(H,9,10). The fraction of sp³-hybridized carbons (Fsp3) is 0.500. The summed E-state index contributed by atoms with van der Waals surface area (Å²) in [6.07, 6.45) is 1.14. The molecule has 0 aliphatic carbocycles. The Hall–Kier alpha value is -1.70. The van der Waals surface area contributed by atoms with Crippen molar-refractivity contribution in [1.82, 2.24) is 4.98 Å². The fourth-order valence-electron chi connectivity index (χ4n) is 0.928. The number of esters is 1. The van der Waals surface area contributed by atoms with E-state index in [9.17, 15) is 14.9 Å². The van der Waals surface area contributed by atoms with Gasteiger partial charge in [0.1, 0.15) is 12.2 Å². The normalized spacial score (nSPS) is 11.9. The molecule has 1 heterocycles. The van der Waals surface area contributed by atoms with Gasteiger partial charge in [-0.3, -0.25) is 10.1 Å². The van der Waals surface area contributed by atoms with Crippen LogP contribution in [0.3, 0.4) is 0 Å². The van der Waals surface area contributed by atoms with Gasteiger partial charge in [-0.2, -0.15) is 0 Å². The largest absolute Gasteiger partial charge is 0.464 e. The highest BCUT2D eigenvalue weighted by atomic mass is 32.1. The topological polar surface area (TPSA) is 94.4 Å². The first-order valence-corrected chi connectivity index (χ1v) is 5.39. The molecule has 1 aromatic heterocycles. The summed E-state index contributed by atoms with van der Waals surface area (Å²) >= 11 is 0.876. The minimum absolute atomic E-state index is 0.0708. The highest BCUT2D eigenvalue weighted by molar-refractivity contribution is 7.18. The lowest BCUT2D eigenvalue weighted by atomic mass is 10.3. The van der Waals surface area contributed by atoms with Crippen LogP contribution >= 0.6 is 11.3 Å². The van der Waals surface area contributed by atoms with Gasteiger partial charge in [0.25, 0.3) is 0 Å². The quantitative estimate of drug-likeness (QED) is 0.479. The second-order valence-corrected chi connectivity index (χ2v) is 3.89. The molecule has 1 N–H and O–H groups in total. The molecule has 88 valence electrons. The summed E-state index contributed by atoms with van der Waals surface area (Å²) in [7, 11) is 0. The van der Waals surface area contributed by atoms with Crippen LogP contribution < -0.4 is 5.32 Å². The molecule has 0 fully saturated rings. The zero-order valence-corrected chi connectivity index (χ0v) is 9.61. The number of nitrogens with zero attached hydrogens (tertiary/aromatic N) is 2. The molecule has 0 radical (unpaired) electrons. The number of nitrogens with one attached hydrogen (secondary N) is 1. The Kier molecular flexibility index (Phi) is 4.18. The summed E-state index contributed by atoms with van der Waals surface area (Å²) in [5.74, 6) is -0.416. The van der Waals surface area contributed by atoms with Crippen LogP contribution in [-0.4, -0.2) is 28.5 Å². The highest BCUT2D eigenvalue weighted by Gasteiger charge is 2.17. The molecular formula is C8H11N3O4S. The second kappa shape index (κ2) is 5.40. The van der Waals surface area contributed by atoms with E-state index in [1.54, 1.807) is 13.8 Å². The molecule has 1 unspecified atom stereocenters. The lowest BCUT2D eigenvalue weighted by Gasteiger charge is -2.10. The predicted octanol–water partition coefficient (Wildman–Crippen LogP) is 1.41. The van der Waals surface area contributed by atoms with E-state index in [1.807, 2.05) is 0 Å². The lowest BCUT2D eigenvalue weighted by Crippen LogP contribution is -2.27. The summed E-state index contributed by atoms with van der Waals surface area (Å²) < 4.78 is 4.77. The molecular weight excluding hydrogens is 234 g/mol. The molecule has 0 aromatic carbocycles. The van der Waals surface area contributed by atoms with Crippen LogP contribution in [0.25, 0.3) is 0 Å². The average molecular weight is 245 g/mol. The summed E-state index contributed by atoms with van der Waals surface area (Å²) in [4.78, 5) is 24.9. The number of ether oxygens (including phenoxy) is 1. The van der Waals surface area contributed by atoms with Crippen molar-refractivity contribution < 1.29 is 14.5 Å². The van der Waals surface area contributed by atoms with E-state index in [0.29, 0.717) is 11.7 Å². The Labute approximate surface area is 95.6 Å². The van der Waals surface area contributed by atoms with Crippen molar-refractivity contribution in [3.63, 3.8) is 0 Å². The van der Waals surface area contributed by atoms with E-state index in [2.05, 4.69) is 10.3 Å². The van der Waals surface area contributed by atoms with Crippen LogP contribution in [0.4, 0.5) is 10.1 Å². The monoisotopic (exact) mass is 245 g/mol. The predicted molar refractivity (Wildman–Crippen MR) is 58.5 cm³/mol. The van der Waals surface area contributed by atoms with E-state index in [-0.39, 0.29) is 5.00 Å². The zero-order valence-electron chi connectivity index (χ0n) is 8.80. The molecule has 0 aliphatic rings. The van der Waals surface area contributed by atoms with Crippen molar-refractivity contribution in [2.24, 2.45) is 0 Å². The third kappa shape index (κ3) is 3.16. The Morgan fingerprint density at radius 2 is 2.50 bits per heavy atom. The first-order chi connectivity index (χ1) is 7.54. The number of carbonyl (C=O) groups is 1. The number of hydrogen-bond donors (Lipinski definition) is 1. The summed E-state index contributed by atoms with van der Waals surface area (Å²) in [6.45, 7) is 3.60. The van der Waals surface area contributed by atoms with Crippen molar-refractivity contribution in [3.8, 4) is 0 Å². The van der Waals surface area contributed by atoms with Gasteiger partial charge < -0.3 is 10.1 Å². The first kappa shape index (κ1) is 12.4. The van der Waals surface area contributed by atoms with E-state index in [4.69, 9.17) is 4.74 Å². The van der Waals surface area contributed by atoms with Gasteiger partial charge in [0, 0.05) is 0 Å².